The zero-order chi connectivity index (χ0) is 23.1. The Morgan fingerprint density at radius 1 is 1.21 bits per heavy atom. The Balaban J connectivity index is 1.43. The molecule has 0 bridgehead atoms. The van der Waals surface area contributed by atoms with Gasteiger partial charge in [-0.3, -0.25) is 14.5 Å². The Hall–Kier alpha value is -2.61. The van der Waals surface area contributed by atoms with Gasteiger partial charge in [0.15, 0.2) is 0 Å². The van der Waals surface area contributed by atoms with Gasteiger partial charge in [0.25, 0.3) is 5.91 Å². The lowest BCUT2D eigenvalue weighted by atomic mass is 10.0. The largest absolute Gasteiger partial charge is 0.480 e. The van der Waals surface area contributed by atoms with Crippen molar-refractivity contribution in [2.75, 3.05) is 19.6 Å². The minimum atomic E-state index is -0.793. The number of aromatic nitrogens is 1. The van der Waals surface area contributed by atoms with Gasteiger partial charge in [-0.15, -0.1) is 0 Å². The van der Waals surface area contributed by atoms with Crippen LogP contribution in [0.1, 0.15) is 29.7 Å². The maximum absolute atomic E-state index is 13.4. The number of hydrogen-bond acceptors (Lipinski definition) is 3. The monoisotopic (exact) mass is 527 g/mol. The van der Waals surface area contributed by atoms with Crippen molar-refractivity contribution in [3.05, 3.63) is 68.8 Å². The molecule has 1 atom stereocenters. The molecule has 170 valence electrons. The number of aromatic amines is 1. The molecule has 1 aromatic heterocycles. The van der Waals surface area contributed by atoms with Crippen molar-refractivity contribution < 1.29 is 14.7 Å². The fraction of sp³-hybridized carbons (Fsp3) is 0.280. The first-order chi connectivity index (χ1) is 15.9. The molecule has 0 unspecified atom stereocenters. The number of nitrogens with zero attached hydrogens (tertiary/aromatic N) is 1. The van der Waals surface area contributed by atoms with Gasteiger partial charge in [0.05, 0.1) is 5.57 Å². The Morgan fingerprint density at radius 2 is 2.06 bits per heavy atom. The first kappa shape index (κ1) is 22.2. The molecule has 1 saturated heterocycles. The van der Waals surface area contributed by atoms with Gasteiger partial charge in [-0.1, -0.05) is 33.6 Å². The van der Waals surface area contributed by atoms with Crippen molar-refractivity contribution in [2.45, 2.75) is 25.3 Å². The molecule has 33 heavy (non-hydrogen) atoms. The van der Waals surface area contributed by atoms with E-state index in [0.29, 0.717) is 36.5 Å². The molecule has 3 N–H and O–H groups in total. The molecule has 2 aliphatic rings. The van der Waals surface area contributed by atoms with Crippen LogP contribution in [0.5, 0.6) is 0 Å². The highest BCUT2D eigenvalue weighted by molar-refractivity contribution is 9.10. The fourth-order valence-electron chi connectivity index (χ4n) is 4.92. The van der Waals surface area contributed by atoms with E-state index >= 15 is 0 Å². The molecule has 0 spiro atoms. The minimum absolute atomic E-state index is 0.145. The van der Waals surface area contributed by atoms with Crippen molar-refractivity contribution in [1.29, 1.82) is 0 Å². The third-order valence-corrected chi connectivity index (χ3v) is 7.20. The second kappa shape index (κ2) is 8.97. The van der Waals surface area contributed by atoms with Crippen molar-refractivity contribution in [3.8, 4) is 0 Å². The summed E-state index contributed by atoms with van der Waals surface area (Å²) in [6.45, 7) is 1.66. The number of benzene rings is 2. The normalized spacial score (nSPS) is 18.2. The van der Waals surface area contributed by atoms with E-state index in [2.05, 4.69) is 32.3 Å². The predicted octanol–water partition coefficient (Wildman–Crippen LogP) is 4.72. The van der Waals surface area contributed by atoms with E-state index in [9.17, 15) is 14.7 Å². The first-order valence-corrected chi connectivity index (χ1v) is 12.1. The number of rotatable bonds is 6. The molecule has 2 heterocycles. The molecule has 1 aliphatic carbocycles. The van der Waals surface area contributed by atoms with Crippen LogP contribution in [-0.4, -0.2) is 52.5 Å². The van der Waals surface area contributed by atoms with E-state index in [-0.39, 0.29) is 5.91 Å². The number of carboxylic acids is 1. The van der Waals surface area contributed by atoms with E-state index in [1.165, 1.54) is 0 Å². The molecule has 1 amide bonds. The predicted molar refractivity (Wildman–Crippen MR) is 133 cm³/mol. The van der Waals surface area contributed by atoms with Crippen LogP contribution in [-0.2, 0) is 16.0 Å². The maximum Gasteiger partial charge on any atom is 0.320 e. The third kappa shape index (κ3) is 4.33. The number of H-pyrrole nitrogens is 1. The summed E-state index contributed by atoms with van der Waals surface area (Å²) in [5, 5.41) is 14.1. The molecule has 0 saturated carbocycles. The summed E-state index contributed by atoms with van der Waals surface area (Å²) in [6.07, 6.45) is 2.17. The van der Waals surface area contributed by atoms with Gasteiger partial charge in [0, 0.05) is 45.6 Å². The van der Waals surface area contributed by atoms with Crippen LogP contribution in [0, 0.1) is 0 Å². The number of amides is 1. The quantitative estimate of drug-likeness (QED) is 0.432. The van der Waals surface area contributed by atoms with Crippen LogP contribution in [0.2, 0.25) is 5.02 Å². The standard InChI is InChI=1S/C25H23BrClN3O3/c26-16-3-5-18-14(10-16)12-19(21-13-15-11-17(27)4-6-20(15)29-21)23(18)24(31)28-7-9-30-8-1-2-22(30)25(32)33/h3-6,10-11,13,22,29H,1-2,7-9,12H2,(H,28,31)(H,32,33)/t22-/m0/s1. The molecule has 2 aromatic carbocycles. The molecule has 3 aromatic rings. The lowest BCUT2D eigenvalue weighted by molar-refractivity contribution is -0.142. The van der Waals surface area contributed by atoms with Crippen molar-refractivity contribution >= 4 is 61.5 Å². The summed E-state index contributed by atoms with van der Waals surface area (Å²) in [4.78, 5) is 30.2. The molecule has 0 radical (unpaired) electrons. The van der Waals surface area contributed by atoms with E-state index in [0.717, 1.165) is 50.7 Å². The number of fused-ring (bicyclic) bond motifs is 2. The van der Waals surface area contributed by atoms with Gasteiger partial charge < -0.3 is 15.4 Å². The number of aliphatic carboxylic acids is 1. The van der Waals surface area contributed by atoms with E-state index in [1.807, 2.05) is 41.3 Å². The number of halogens is 2. The highest BCUT2D eigenvalue weighted by Gasteiger charge is 2.31. The lowest BCUT2D eigenvalue weighted by Gasteiger charge is -2.21. The van der Waals surface area contributed by atoms with Crippen LogP contribution < -0.4 is 5.32 Å². The lowest BCUT2D eigenvalue weighted by Crippen LogP contribution is -2.41. The Kier molecular flexibility index (Phi) is 6.03. The van der Waals surface area contributed by atoms with Gasteiger partial charge in [0.1, 0.15) is 6.04 Å². The Labute approximate surface area is 204 Å². The van der Waals surface area contributed by atoms with E-state index < -0.39 is 12.0 Å². The number of carboxylic acid groups (broad SMARTS) is 1. The van der Waals surface area contributed by atoms with Crippen LogP contribution in [0.15, 0.2) is 46.9 Å². The smallest absolute Gasteiger partial charge is 0.320 e. The van der Waals surface area contributed by atoms with Crippen molar-refractivity contribution in [1.82, 2.24) is 15.2 Å². The molecule has 1 aliphatic heterocycles. The molecular formula is C25H23BrClN3O3. The van der Waals surface area contributed by atoms with Gasteiger partial charge in [0.2, 0.25) is 0 Å². The summed E-state index contributed by atoms with van der Waals surface area (Å²) in [7, 11) is 0. The summed E-state index contributed by atoms with van der Waals surface area (Å²) < 4.78 is 0.972. The second-order valence-corrected chi connectivity index (χ2v) is 9.89. The Bertz CT molecular complexity index is 1300. The van der Waals surface area contributed by atoms with Crippen LogP contribution in [0.4, 0.5) is 0 Å². The van der Waals surface area contributed by atoms with Crippen LogP contribution >= 0.6 is 27.5 Å². The van der Waals surface area contributed by atoms with Crippen molar-refractivity contribution in [3.63, 3.8) is 0 Å². The van der Waals surface area contributed by atoms with Crippen LogP contribution in [0.3, 0.4) is 0 Å². The number of carbonyl (C=O) groups excluding carboxylic acids is 1. The third-order valence-electron chi connectivity index (χ3n) is 6.47. The summed E-state index contributed by atoms with van der Waals surface area (Å²) in [5.41, 5.74) is 5.48. The highest BCUT2D eigenvalue weighted by atomic mass is 79.9. The zero-order valence-corrected chi connectivity index (χ0v) is 20.2. The SMILES string of the molecule is O=C(NCCN1CCC[C@H]1C(=O)O)C1=C(c2cc3cc(Cl)ccc3[nH]2)Cc2cc(Br)ccc21. The number of nitrogens with one attached hydrogen (secondary N) is 2. The summed E-state index contributed by atoms with van der Waals surface area (Å²) in [5.74, 6) is -0.938. The van der Waals surface area contributed by atoms with Crippen LogP contribution in [0.25, 0.3) is 22.0 Å². The van der Waals surface area contributed by atoms with Gasteiger partial charge in [-0.2, -0.15) is 0 Å². The summed E-state index contributed by atoms with van der Waals surface area (Å²) >= 11 is 9.70. The van der Waals surface area contributed by atoms with E-state index in [1.54, 1.807) is 0 Å². The topological polar surface area (TPSA) is 85.4 Å². The molecule has 8 heteroatoms. The van der Waals surface area contributed by atoms with E-state index in [4.69, 9.17) is 11.6 Å². The molecular weight excluding hydrogens is 506 g/mol. The zero-order valence-electron chi connectivity index (χ0n) is 17.8. The molecule has 5 rings (SSSR count). The minimum Gasteiger partial charge on any atom is -0.480 e. The van der Waals surface area contributed by atoms with Crippen molar-refractivity contribution in [2.24, 2.45) is 0 Å². The van der Waals surface area contributed by atoms with Gasteiger partial charge in [-0.05, 0) is 72.5 Å². The number of hydrogen-bond donors (Lipinski definition) is 3. The van der Waals surface area contributed by atoms with Gasteiger partial charge in [-0.25, -0.2) is 0 Å². The average molecular weight is 529 g/mol. The van der Waals surface area contributed by atoms with Gasteiger partial charge >= 0.3 is 5.97 Å². The maximum atomic E-state index is 13.4. The average Bonchev–Trinajstić information content (AvgIpc) is 3.49. The number of carbonyl (C=O) groups is 2. The number of allylic oxidation sites excluding steroid dienone is 1. The first-order valence-electron chi connectivity index (χ1n) is 11.0. The summed E-state index contributed by atoms with van der Waals surface area (Å²) in [6, 6.07) is 13.2. The molecule has 6 nitrogen and oxygen atoms in total. The second-order valence-electron chi connectivity index (χ2n) is 8.53. The Morgan fingerprint density at radius 3 is 2.88 bits per heavy atom. The molecule has 1 fully saturated rings. The highest BCUT2D eigenvalue weighted by Crippen LogP contribution is 2.40. The number of likely N-dealkylation sites (tertiary alicyclic amines) is 1. The fourth-order valence-corrected chi connectivity index (χ4v) is 5.51.